The second kappa shape index (κ2) is 5.94. The zero-order valence-electron chi connectivity index (χ0n) is 10.1. The number of rotatable bonds is 6. The molecule has 0 atom stereocenters. The molecule has 1 heterocycles. The molecule has 0 saturated heterocycles. The molecule has 1 aromatic heterocycles. The predicted molar refractivity (Wildman–Crippen MR) is 64.1 cm³/mol. The summed E-state index contributed by atoms with van der Waals surface area (Å²) >= 11 is 0. The molecule has 1 aromatic rings. The highest BCUT2D eigenvalue weighted by Crippen LogP contribution is 2.04. The number of hydrogen-bond acceptors (Lipinski definition) is 5. The summed E-state index contributed by atoms with van der Waals surface area (Å²) in [5.74, 6) is 0. The molecule has 1 rings (SSSR count). The molecule has 8 nitrogen and oxygen atoms in total. The summed E-state index contributed by atoms with van der Waals surface area (Å²) in [5, 5.41) is 0. The van der Waals surface area contributed by atoms with Crippen LogP contribution in [0.1, 0.15) is 12.1 Å². The van der Waals surface area contributed by atoms with Crippen LogP contribution in [0.2, 0.25) is 0 Å². The van der Waals surface area contributed by atoms with Crippen LogP contribution in [0.4, 0.5) is 0 Å². The van der Waals surface area contributed by atoms with Crippen molar-refractivity contribution in [3.63, 3.8) is 0 Å². The van der Waals surface area contributed by atoms with Crippen molar-refractivity contribution < 1.29 is 13.2 Å². The van der Waals surface area contributed by atoms with E-state index >= 15 is 0 Å². The Labute approximate surface area is 103 Å². The average molecular weight is 277 g/mol. The molecule has 3 N–H and O–H groups in total. The number of H-pyrrole nitrogens is 2. The van der Waals surface area contributed by atoms with Crippen molar-refractivity contribution in [3.8, 4) is 0 Å². The van der Waals surface area contributed by atoms with Gasteiger partial charge >= 0.3 is 5.69 Å². The smallest absolute Gasteiger partial charge is 0.325 e. The van der Waals surface area contributed by atoms with Gasteiger partial charge in [0.2, 0.25) is 10.0 Å². The van der Waals surface area contributed by atoms with E-state index in [2.05, 4.69) is 9.71 Å². The molecular formula is C9H15N3O5S. The van der Waals surface area contributed by atoms with E-state index in [9.17, 15) is 18.0 Å². The van der Waals surface area contributed by atoms with Gasteiger partial charge in [0.05, 0.1) is 0 Å². The molecule has 0 amide bonds. The number of ether oxygens (including phenoxy) is 1. The lowest BCUT2D eigenvalue weighted by atomic mass is 10.4. The van der Waals surface area contributed by atoms with Crippen molar-refractivity contribution in [2.24, 2.45) is 0 Å². The fourth-order valence-electron chi connectivity index (χ4n) is 1.41. The SMILES string of the molecule is COCCCNS(=O)(=O)c1c(C)[nH]c(=O)[nH]c1=O. The molecule has 102 valence electrons. The maximum absolute atomic E-state index is 11.9. The van der Waals surface area contributed by atoms with Crippen molar-refractivity contribution in [2.45, 2.75) is 18.2 Å². The number of aromatic nitrogens is 2. The molecule has 0 aliphatic heterocycles. The van der Waals surface area contributed by atoms with Crippen LogP contribution in [0, 0.1) is 6.92 Å². The van der Waals surface area contributed by atoms with Crippen LogP contribution in [0.3, 0.4) is 0 Å². The van der Waals surface area contributed by atoms with E-state index in [1.807, 2.05) is 4.98 Å². The first-order chi connectivity index (χ1) is 8.38. The first kappa shape index (κ1) is 14.6. The number of methoxy groups -OCH3 is 1. The molecule has 9 heteroatoms. The lowest BCUT2D eigenvalue weighted by Crippen LogP contribution is -2.35. The van der Waals surface area contributed by atoms with E-state index in [1.54, 1.807) is 0 Å². The Morgan fingerprint density at radius 1 is 1.28 bits per heavy atom. The van der Waals surface area contributed by atoms with E-state index in [0.717, 1.165) is 0 Å². The minimum Gasteiger partial charge on any atom is -0.385 e. The lowest BCUT2D eigenvalue weighted by molar-refractivity contribution is 0.196. The van der Waals surface area contributed by atoms with Crippen molar-refractivity contribution in [2.75, 3.05) is 20.3 Å². The largest absolute Gasteiger partial charge is 0.385 e. The standard InChI is InChI=1S/C9H15N3O5S/c1-6-7(8(13)12-9(14)11-6)18(15,16)10-4-3-5-17-2/h10H,3-5H2,1-2H3,(H2,11,12,13,14). The zero-order chi connectivity index (χ0) is 13.8. The molecule has 0 unspecified atom stereocenters. The molecular weight excluding hydrogens is 262 g/mol. The van der Waals surface area contributed by atoms with Gasteiger partial charge in [-0.05, 0) is 13.3 Å². The Hall–Kier alpha value is -1.45. The van der Waals surface area contributed by atoms with E-state index in [-0.39, 0.29) is 12.2 Å². The molecule has 0 aromatic carbocycles. The van der Waals surface area contributed by atoms with Crippen LogP contribution in [0.5, 0.6) is 0 Å². The minimum atomic E-state index is -3.94. The number of sulfonamides is 1. The van der Waals surface area contributed by atoms with Gasteiger partial charge in [-0.1, -0.05) is 0 Å². The van der Waals surface area contributed by atoms with Crippen molar-refractivity contribution in [1.82, 2.24) is 14.7 Å². The Morgan fingerprint density at radius 3 is 2.50 bits per heavy atom. The van der Waals surface area contributed by atoms with Gasteiger partial charge in [0.1, 0.15) is 0 Å². The summed E-state index contributed by atoms with van der Waals surface area (Å²) in [6.45, 7) is 1.90. The summed E-state index contributed by atoms with van der Waals surface area (Å²) in [6.07, 6.45) is 0.482. The van der Waals surface area contributed by atoms with E-state index in [1.165, 1.54) is 14.0 Å². The topological polar surface area (TPSA) is 121 Å². The number of aryl methyl sites for hydroxylation is 1. The molecule has 0 aliphatic rings. The average Bonchev–Trinajstić information content (AvgIpc) is 2.22. The highest BCUT2D eigenvalue weighted by molar-refractivity contribution is 7.89. The maximum atomic E-state index is 11.9. The Morgan fingerprint density at radius 2 is 1.94 bits per heavy atom. The van der Waals surface area contributed by atoms with Crippen molar-refractivity contribution in [3.05, 3.63) is 26.5 Å². The monoisotopic (exact) mass is 277 g/mol. The number of aromatic amines is 2. The lowest BCUT2D eigenvalue weighted by Gasteiger charge is -2.07. The van der Waals surface area contributed by atoms with Crippen molar-refractivity contribution >= 4 is 10.0 Å². The van der Waals surface area contributed by atoms with Gasteiger partial charge in [0.15, 0.2) is 4.90 Å². The molecule has 0 bridgehead atoms. The molecule has 0 fully saturated rings. The fourth-order valence-corrected chi connectivity index (χ4v) is 2.71. The number of hydrogen-bond donors (Lipinski definition) is 3. The van der Waals surface area contributed by atoms with Crippen LogP contribution < -0.4 is 16.0 Å². The van der Waals surface area contributed by atoms with E-state index < -0.39 is 26.2 Å². The second-order valence-corrected chi connectivity index (χ2v) is 5.31. The maximum Gasteiger partial charge on any atom is 0.325 e. The third kappa shape index (κ3) is 3.52. The van der Waals surface area contributed by atoms with Crippen LogP contribution >= 0.6 is 0 Å². The van der Waals surface area contributed by atoms with Crippen LogP contribution in [-0.4, -0.2) is 38.6 Å². The van der Waals surface area contributed by atoms with Gasteiger partial charge < -0.3 is 9.72 Å². The predicted octanol–water partition coefficient (Wildman–Crippen LogP) is -1.31. The fraction of sp³-hybridized carbons (Fsp3) is 0.556. The van der Waals surface area contributed by atoms with Gasteiger partial charge in [0.25, 0.3) is 5.56 Å². The van der Waals surface area contributed by atoms with E-state index in [0.29, 0.717) is 13.0 Å². The summed E-state index contributed by atoms with van der Waals surface area (Å²) in [4.78, 5) is 26.1. The highest BCUT2D eigenvalue weighted by atomic mass is 32.2. The summed E-state index contributed by atoms with van der Waals surface area (Å²) < 4.78 is 30.7. The Kier molecular flexibility index (Phi) is 4.82. The van der Waals surface area contributed by atoms with Gasteiger partial charge in [-0.2, -0.15) is 0 Å². The van der Waals surface area contributed by atoms with Gasteiger partial charge in [-0.25, -0.2) is 17.9 Å². The van der Waals surface area contributed by atoms with Gasteiger partial charge in [-0.15, -0.1) is 0 Å². The van der Waals surface area contributed by atoms with Gasteiger partial charge in [-0.3, -0.25) is 9.78 Å². The third-order valence-corrected chi connectivity index (χ3v) is 3.77. The molecule has 0 radical (unpaired) electrons. The van der Waals surface area contributed by atoms with E-state index in [4.69, 9.17) is 4.74 Å². The summed E-state index contributed by atoms with van der Waals surface area (Å²) in [6, 6.07) is 0. The number of nitrogens with one attached hydrogen (secondary N) is 3. The third-order valence-electron chi connectivity index (χ3n) is 2.16. The summed E-state index contributed by atoms with van der Waals surface area (Å²) in [7, 11) is -2.43. The zero-order valence-corrected chi connectivity index (χ0v) is 10.9. The van der Waals surface area contributed by atoms with Crippen LogP contribution in [0.25, 0.3) is 0 Å². The Balaban J connectivity index is 2.99. The van der Waals surface area contributed by atoms with Crippen molar-refractivity contribution in [1.29, 1.82) is 0 Å². The molecule has 0 aliphatic carbocycles. The minimum absolute atomic E-state index is 0.00277. The van der Waals surface area contributed by atoms with Crippen LogP contribution in [0.15, 0.2) is 14.5 Å². The summed E-state index contributed by atoms with van der Waals surface area (Å²) in [5.41, 5.74) is -1.67. The van der Waals surface area contributed by atoms with Gasteiger partial charge in [0, 0.05) is 26.0 Å². The van der Waals surface area contributed by atoms with Crippen LogP contribution in [-0.2, 0) is 14.8 Å². The first-order valence-electron chi connectivity index (χ1n) is 5.20. The highest BCUT2D eigenvalue weighted by Gasteiger charge is 2.21. The normalized spacial score (nSPS) is 11.7. The molecule has 0 spiro atoms. The molecule has 18 heavy (non-hydrogen) atoms. The second-order valence-electron chi connectivity index (χ2n) is 3.61. The molecule has 0 saturated carbocycles. The first-order valence-corrected chi connectivity index (χ1v) is 6.68. The Bertz CT molecular complexity index is 616. The quantitative estimate of drug-likeness (QED) is 0.557.